The van der Waals surface area contributed by atoms with Crippen molar-refractivity contribution in [1.29, 1.82) is 0 Å². The molecule has 0 atom stereocenters. The van der Waals surface area contributed by atoms with Crippen LogP contribution in [0.3, 0.4) is 0 Å². The van der Waals surface area contributed by atoms with Crippen molar-refractivity contribution in [2.24, 2.45) is 0 Å². The second-order valence-corrected chi connectivity index (χ2v) is 5.16. The number of benzene rings is 1. The standard InChI is InChI=1S/C13H13N5OS/c1-2-18-8-14-17-13(18)20-7-11-15-10-6-4-3-5-9(10)12(19)16-11/h3-6,8H,2,7H2,1H3,(H,15,16,19). The van der Waals surface area contributed by atoms with Gasteiger partial charge in [-0.05, 0) is 19.1 Å². The number of hydrogen-bond donors (Lipinski definition) is 1. The molecule has 1 N–H and O–H groups in total. The average molecular weight is 287 g/mol. The summed E-state index contributed by atoms with van der Waals surface area (Å²) in [5.74, 6) is 1.20. The van der Waals surface area contributed by atoms with Crippen LogP contribution in [0.25, 0.3) is 10.9 Å². The molecule has 7 heteroatoms. The van der Waals surface area contributed by atoms with Crippen LogP contribution in [-0.2, 0) is 12.3 Å². The molecule has 0 saturated heterocycles. The Kier molecular flexibility index (Phi) is 3.51. The first-order valence-electron chi connectivity index (χ1n) is 6.26. The maximum Gasteiger partial charge on any atom is 0.258 e. The van der Waals surface area contributed by atoms with Crippen LogP contribution in [0.2, 0.25) is 0 Å². The van der Waals surface area contributed by atoms with Crippen molar-refractivity contribution in [1.82, 2.24) is 24.7 Å². The number of aryl methyl sites for hydroxylation is 1. The minimum atomic E-state index is -0.108. The molecule has 20 heavy (non-hydrogen) atoms. The number of nitrogens with zero attached hydrogens (tertiary/aromatic N) is 4. The highest BCUT2D eigenvalue weighted by atomic mass is 32.2. The predicted octanol–water partition coefficient (Wildman–Crippen LogP) is 1.83. The maximum atomic E-state index is 11.9. The lowest BCUT2D eigenvalue weighted by Gasteiger charge is -2.03. The van der Waals surface area contributed by atoms with Crippen LogP contribution in [0.1, 0.15) is 12.7 Å². The molecule has 102 valence electrons. The third-order valence-electron chi connectivity index (χ3n) is 2.92. The number of thioether (sulfide) groups is 1. The van der Waals surface area contributed by atoms with E-state index < -0.39 is 0 Å². The molecule has 0 aliphatic rings. The summed E-state index contributed by atoms with van der Waals surface area (Å²) in [6, 6.07) is 7.32. The normalized spacial score (nSPS) is 11.1. The van der Waals surface area contributed by atoms with Crippen molar-refractivity contribution in [3.63, 3.8) is 0 Å². The Bertz CT molecular complexity index is 795. The number of para-hydroxylation sites is 1. The van der Waals surface area contributed by atoms with Crippen molar-refractivity contribution in [3.8, 4) is 0 Å². The molecule has 0 aliphatic heterocycles. The molecule has 2 aromatic heterocycles. The van der Waals surface area contributed by atoms with E-state index in [4.69, 9.17) is 0 Å². The Hall–Kier alpha value is -2.15. The molecule has 2 heterocycles. The minimum absolute atomic E-state index is 0.108. The van der Waals surface area contributed by atoms with E-state index in [-0.39, 0.29) is 5.56 Å². The van der Waals surface area contributed by atoms with Gasteiger partial charge in [0.05, 0.1) is 16.7 Å². The van der Waals surface area contributed by atoms with Crippen molar-refractivity contribution in [2.75, 3.05) is 0 Å². The van der Waals surface area contributed by atoms with Gasteiger partial charge in [-0.3, -0.25) is 4.79 Å². The molecular weight excluding hydrogens is 274 g/mol. The monoisotopic (exact) mass is 287 g/mol. The summed E-state index contributed by atoms with van der Waals surface area (Å²) in [5, 5.41) is 9.35. The van der Waals surface area contributed by atoms with E-state index >= 15 is 0 Å². The van der Waals surface area contributed by atoms with E-state index in [0.29, 0.717) is 22.5 Å². The van der Waals surface area contributed by atoms with Crippen LogP contribution < -0.4 is 5.56 Å². The fraction of sp³-hybridized carbons (Fsp3) is 0.231. The van der Waals surface area contributed by atoms with E-state index in [0.717, 1.165) is 11.7 Å². The number of hydrogen-bond acceptors (Lipinski definition) is 5. The molecule has 3 rings (SSSR count). The van der Waals surface area contributed by atoms with Crippen LogP contribution in [0.15, 0.2) is 40.5 Å². The van der Waals surface area contributed by atoms with E-state index in [1.165, 1.54) is 11.8 Å². The summed E-state index contributed by atoms with van der Waals surface area (Å²) in [7, 11) is 0. The topological polar surface area (TPSA) is 76.5 Å². The highest BCUT2D eigenvalue weighted by Gasteiger charge is 2.07. The smallest absolute Gasteiger partial charge is 0.258 e. The van der Waals surface area contributed by atoms with Crippen LogP contribution in [0, 0.1) is 0 Å². The van der Waals surface area contributed by atoms with E-state index in [2.05, 4.69) is 20.2 Å². The van der Waals surface area contributed by atoms with Crippen LogP contribution >= 0.6 is 11.8 Å². The Morgan fingerprint density at radius 1 is 1.35 bits per heavy atom. The lowest BCUT2D eigenvalue weighted by molar-refractivity contribution is 0.681. The van der Waals surface area contributed by atoms with Gasteiger partial charge in [0.25, 0.3) is 5.56 Å². The molecule has 0 fully saturated rings. The van der Waals surface area contributed by atoms with Gasteiger partial charge in [0.15, 0.2) is 5.16 Å². The summed E-state index contributed by atoms with van der Waals surface area (Å²) in [5.41, 5.74) is 0.604. The molecule has 6 nitrogen and oxygen atoms in total. The Morgan fingerprint density at radius 3 is 3.05 bits per heavy atom. The summed E-state index contributed by atoms with van der Waals surface area (Å²) in [6.07, 6.45) is 1.69. The molecule has 0 spiro atoms. The summed E-state index contributed by atoms with van der Waals surface area (Å²) in [4.78, 5) is 19.2. The van der Waals surface area contributed by atoms with Gasteiger partial charge in [-0.25, -0.2) is 4.98 Å². The van der Waals surface area contributed by atoms with Crippen molar-refractivity contribution in [3.05, 3.63) is 46.8 Å². The number of H-pyrrole nitrogens is 1. The average Bonchev–Trinajstić information content (AvgIpc) is 2.93. The quantitative estimate of drug-likeness (QED) is 0.741. The lowest BCUT2D eigenvalue weighted by atomic mass is 10.2. The van der Waals surface area contributed by atoms with Gasteiger partial charge in [-0.1, -0.05) is 23.9 Å². The zero-order chi connectivity index (χ0) is 13.9. The van der Waals surface area contributed by atoms with Crippen LogP contribution in [-0.4, -0.2) is 24.7 Å². The molecule has 0 radical (unpaired) electrons. The van der Waals surface area contributed by atoms with Crippen molar-refractivity contribution in [2.45, 2.75) is 24.4 Å². The minimum Gasteiger partial charge on any atom is -0.309 e. The molecule has 0 unspecified atom stereocenters. The largest absolute Gasteiger partial charge is 0.309 e. The first kappa shape index (κ1) is 12.9. The maximum absolute atomic E-state index is 11.9. The van der Waals surface area contributed by atoms with Gasteiger partial charge in [-0.2, -0.15) is 0 Å². The van der Waals surface area contributed by atoms with Gasteiger partial charge in [0.2, 0.25) is 0 Å². The molecule has 0 saturated carbocycles. The number of aromatic amines is 1. The second kappa shape index (κ2) is 5.46. The summed E-state index contributed by atoms with van der Waals surface area (Å²) < 4.78 is 1.95. The Balaban J connectivity index is 1.86. The SMILES string of the molecule is CCn1cnnc1SCc1nc2ccccc2c(=O)[nH]1. The van der Waals surface area contributed by atoms with Crippen molar-refractivity contribution < 1.29 is 0 Å². The molecule has 0 amide bonds. The molecule has 1 aromatic carbocycles. The summed E-state index contributed by atoms with van der Waals surface area (Å²) in [6.45, 7) is 2.85. The zero-order valence-electron chi connectivity index (χ0n) is 10.9. The molecular formula is C13H13N5OS. The fourth-order valence-corrected chi connectivity index (χ4v) is 2.76. The van der Waals surface area contributed by atoms with Crippen LogP contribution in [0.4, 0.5) is 0 Å². The third-order valence-corrected chi connectivity index (χ3v) is 3.91. The predicted molar refractivity (Wildman–Crippen MR) is 77.6 cm³/mol. The van der Waals surface area contributed by atoms with E-state index in [1.807, 2.05) is 29.7 Å². The van der Waals surface area contributed by atoms with Gasteiger partial charge in [0, 0.05) is 6.54 Å². The number of fused-ring (bicyclic) bond motifs is 1. The highest BCUT2D eigenvalue weighted by molar-refractivity contribution is 7.98. The zero-order valence-corrected chi connectivity index (χ0v) is 11.7. The Labute approximate surface area is 119 Å². The van der Waals surface area contributed by atoms with Gasteiger partial charge in [0.1, 0.15) is 12.2 Å². The first-order chi connectivity index (χ1) is 9.78. The first-order valence-corrected chi connectivity index (χ1v) is 7.25. The van der Waals surface area contributed by atoms with Gasteiger partial charge >= 0.3 is 0 Å². The Morgan fingerprint density at radius 2 is 2.20 bits per heavy atom. The van der Waals surface area contributed by atoms with Crippen molar-refractivity contribution >= 4 is 22.7 Å². The molecule has 3 aromatic rings. The fourth-order valence-electron chi connectivity index (χ4n) is 1.91. The number of rotatable bonds is 4. The van der Waals surface area contributed by atoms with Crippen LogP contribution in [0.5, 0.6) is 0 Å². The van der Waals surface area contributed by atoms with E-state index in [9.17, 15) is 4.79 Å². The molecule has 0 bridgehead atoms. The van der Waals surface area contributed by atoms with Gasteiger partial charge < -0.3 is 9.55 Å². The lowest BCUT2D eigenvalue weighted by Crippen LogP contribution is -2.11. The van der Waals surface area contributed by atoms with E-state index in [1.54, 1.807) is 12.4 Å². The van der Waals surface area contributed by atoms with Gasteiger partial charge in [-0.15, -0.1) is 10.2 Å². The highest BCUT2D eigenvalue weighted by Crippen LogP contribution is 2.18. The summed E-state index contributed by atoms with van der Waals surface area (Å²) >= 11 is 1.51. The number of aromatic nitrogens is 5. The third kappa shape index (κ3) is 2.44. The second-order valence-electron chi connectivity index (χ2n) is 4.22. The molecule has 0 aliphatic carbocycles. The number of nitrogens with one attached hydrogen (secondary N) is 1.